The molecule has 5 nitrogen and oxygen atoms in total. The topological polar surface area (TPSA) is 70.7 Å². The van der Waals surface area contributed by atoms with Crippen molar-refractivity contribution in [2.24, 2.45) is 0 Å². The largest absolute Gasteiger partial charge is 0.350 e. The van der Waals surface area contributed by atoms with E-state index in [4.69, 9.17) is 0 Å². The number of carbonyl (C=O) groups is 1. The predicted molar refractivity (Wildman–Crippen MR) is 103 cm³/mol. The number of thioether (sulfide) groups is 1. The number of carbonyl (C=O) groups excluding carboxylic acids is 1. The summed E-state index contributed by atoms with van der Waals surface area (Å²) in [6.45, 7) is 2.35. The quantitative estimate of drug-likeness (QED) is 0.601. The van der Waals surface area contributed by atoms with E-state index in [2.05, 4.69) is 20.5 Å². The third-order valence-electron chi connectivity index (χ3n) is 3.45. The second-order valence-electron chi connectivity index (χ2n) is 5.45. The third-order valence-corrected chi connectivity index (χ3v) is 5.29. The summed E-state index contributed by atoms with van der Waals surface area (Å²) in [6.07, 6.45) is 3.57. The second kappa shape index (κ2) is 8.77. The molecule has 2 aromatic heterocycles. The summed E-state index contributed by atoms with van der Waals surface area (Å²) < 4.78 is 12.9. The van der Waals surface area contributed by atoms with Crippen molar-refractivity contribution in [2.45, 2.75) is 23.9 Å². The van der Waals surface area contributed by atoms with Crippen molar-refractivity contribution in [3.05, 3.63) is 63.9 Å². The predicted octanol–water partition coefficient (Wildman–Crippen LogP) is 3.97. The van der Waals surface area contributed by atoms with Gasteiger partial charge < -0.3 is 5.32 Å². The van der Waals surface area contributed by atoms with Gasteiger partial charge in [-0.3, -0.25) is 9.89 Å². The number of nitrogens with one attached hydrogen (secondary N) is 2. The van der Waals surface area contributed by atoms with Crippen LogP contribution in [0.2, 0.25) is 0 Å². The zero-order chi connectivity index (χ0) is 18.4. The van der Waals surface area contributed by atoms with Crippen LogP contribution < -0.4 is 5.32 Å². The van der Waals surface area contributed by atoms with Crippen LogP contribution in [-0.4, -0.2) is 26.3 Å². The lowest BCUT2D eigenvalue weighted by Crippen LogP contribution is -2.30. The van der Waals surface area contributed by atoms with Crippen LogP contribution in [0.15, 0.2) is 46.9 Å². The highest BCUT2D eigenvalue weighted by Gasteiger charge is 2.16. The summed E-state index contributed by atoms with van der Waals surface area (Å²) in [5.41, 5.74) is 0.860. The number of amides is 1. The van der Waals surface area contributed by atoms with Crippen LogP contribution in [0.5, 0.6) is 0 Å². The van der Waals surface area contributed by atoms with E-state index in [1.54, 1.807) is 29.5 Å². The van der Waals surface area contributed by atoms with E-state index < -0.39 is 0 Å². The number of aromatic nitrogens is 3. The highest BCUT2D eigenvalue weighted by molar-refractivity contribution is 8.00. The van der Waals surface area contributed by atoms with E-state index in [-0.39, 0.29) is 17.0 Å². The smallest absolute Gasteiger partial charge is 0.233 e. The molecule has 1 unspecified atom stereocenters. The van der Waals surface area contributed by atoms with Crippen molar-refractivity contribution in [1.29, 1.82) is 0 Å². The molecule has 8 heteroatoms. The van der Waals surface area contributed by atoms with Crippen LogP contribution in [0, 0.1) is 5.82 Å². The minimum atomic E-state index is -0.306. The number of aromatic amines is 1. The summed E-state index contributed by atoms with van der Waals surface area (Å²) in [6, 6.07) is 10.1. The van der Waals surface area contributed by atoms with Crippen molar-refractivity contribution in [3.8, 4) is 0 Å². The van der Waals surface area contributed by atoms with Gasteiger partial charge in [-0.1, -0.05) is 36.0 Å². The summed E-state index contributed by atoms with van der Waals surface area (Å²) >= 11 is 2.90. The van der Waals surface area contributed by atoms with Gasteiger partial charge in [-0.2, -0.15) is 0 Å². The molecule has 0 aliphatic rings. The molecule has 0 fully saturated rings. The third kappa shape index (κ3) is 5.27. The van der Waals surface area contributed by atoms with Gasteiger partial charge in [0.15, 0.2) is 0 Å². The molecular formula is C18H17FN4OS2. The molecule has 1 aromatic carbocycles. The molecule has 3 rings (SSSR count). The Kier molecular flexibility index (Phi) is 6.19. The maximum absolute atomic E-state index is 12.9. The van der Waals surface area contributed by atoms with Crippen molar-refractivity contribution < 1.29 is 9.18 Å². The van der Waals surface area contributed by atoms with E-state index in [1.807, 2.05) is 30.5 Å². The SMILES string of the molecule is CC(Sc1n[nH]c(/C=C/c2ccc(F)cc2)n1)C(=O)NCc1cccs1. The highest BCUT2D eigenvalue weighted by Crippen LogP contribution is 2.20. The second-order valence-corrected chi connectivity index (χ2v) is 7.79. The molecule has 0 aliphatic carbocycles. The van der Waals surface area contributed by atoms with Gasteiger partial charge in [0.05, 0.1) is 11.8 Å². The molecule has 0 spiro atoms. The first kappa shape index (κ1) is 18.3. The van der Waals surface area contributed by atoms with Gasteiger partial charge in [0.25, 0.3) is 0 Å². The molecule has 3 aromatic rings. The first-order chi connectivity index (χ1) is 12.6. The Hall–Kier alpha value is -2.45. The Morgan fingerprint density at radius 3 is 2.88 bits per heavy atom. The monoisotopic (exact) mass is 388 g/mol. The molecule has 1 amide bonds. The lowest BCUT2D eigenvalue weighted by atomic mass is 10.2. The van der Waals surface area contributed by atoms with Crippen LogP contribution >= 0.6 is 23.1 Å². The Morgan fingerprint density at radius 2 is 2.15 bits per heavy atom. The molecule has 2 N–H and O–H groups in total. The maximum atomic E-state index is 12.9. The minimum Gasteiger partial charge on any atom is -0.350 e. The van der Waals surface area contributed by atoms with Crippen LogP contribution in [0.25, 0.3) is 12.2 Å². The average molecular weight is 388 g/mol. The Labute approximate surface area is 158 Å². The van der Waals surface area contributed by atoms with E-state index in [9.17, 15) is 9.18 Å². The molecule has 0 saturated carbocycles. The zero-order valence-electron chi connectivity index (χ0n) is 14.0. The molecule has 2 heterocycles. The van der Waals surface area contributed by atoms with E-state index in [1.165, 1.54) is 23.9 Å². The number of H-pyrrole nitrogens is 1. The Balaban J connectivity index is 1.52. The fourth-order valence-corrected chi connectivity index (χ4v) is 3.48. The molecule has 0 radical (unpaired) electrons. The molecule has 134 valence electrons. The lowest BCUT2D eigenvalue weighted by Gasteiger charge is -2.09. The first-order valence-corrected chi connectivity index (χ1v) is 9.69. The first-order valence-electron chi connectivity index (χ1n) is 7.93. The van der Waals surface area contributed by atoms with Crippen LogP contribution in [0.3, 0.4) is 0 Å². The number of halogens is 1. The molecule has 0 aliphatic heterocycles. The van der Waals surface area contributed by atoms with Crippen molar-refractivity contribution in [3.63, 3.8) is 0 Å². The van der Waals surface area contributed by atoms with Gasteiger partial charge in [-0.25, -0.2) is 9.37 Å². The van der Waals surface area contributed by atoms with Gasteiger partial charge >= 0.3 is 0 Å². The summed E-state index contributed by atoms with van der Waals surface area (Å²) in [5, 5.41) is 12.0. The molecule has 0 saturated heterocycles. The molecule has 0 bridgehead atoms. The summed E-state index contributed by atoms with van der Waals surface area (Å²) in [5.74, 6) is 0.242. The van der Waals surface area contributed by atoms with Gasteiger partial charge in [0.1, 0.15) is 11.6 Å². The number of rotatable bonds is 7. The summed E-state index contributed by atoms with van der Waals surface area (Å²) in [4.78, 5) is 17.6. The number of hydrogen-bond donors (Lipinski definition) is 2. The van der Waals surface area contributed by atoms with Gasteiger partial charge in [-0.05, 0) is 42.1 Å². The highest BCUT2D eigenvalue weighted by atomic mass is 32.2. The fraction of sp³-hybridized carbons (Fsp3) is 0.167. The van der Waals surface area contributed by atoms with Crippen LogP contribution in [-0.2, 0) is 11.3 Å². The van der Waals surface area contributed by atoms with E-state index >= 15 is 0 Å². The lowest BCUT2D eigenvalue weighted by molar-refractivity contribution is -0.120. The van der Waals surface area contributed by atoms with Crippen molar-refractivity contribution >= 4 is 41.2 Å². The maximum Gasteiger partial charge on any atom is 0.233 e. The van der Waals surface area contributed by atoms with Crippen LogP contribution in [0.1, 0.15) is 23.2 Å². The number of nitrogens with zero attached hydrogens (tertiary/aromatic N) is 2. The standard InChI is InChI=1S/C18H17FN4OS2/c1-12(17(24)20-11-15-3-2-10-25-15)26-18-21-16(22-23-18)9-6-13-4-7-14(19)8-5-13/h2-10,12H,11H2,1H3,(H,20,24)(H,21,22,23)/b9-6+. The van der Waals surface area contributed by atoms with Crippen LogP contribution in [0.4, 0.5) is 4.39 Å². The minimum absolute atomic E-state index is 0.0587. The summed E-state index contributed by atoms with van der Waals surface area (Å²) in [7, 11) is 0. The number of thiophene rings is 1. The number of benzene rings is 1. The van der Waals surface area contributed by atoms with Crippen molar-refractivity contribution in [1.82, 2.24) is 20.5 Å². The molecular weight excluding hydrogens is 371 g/mol. The van der Waals surface area contributed by atoms with Crippen molar-refractivity contribution in [2.75, 3.05) is 0 Å². The van der Waals surface area contributed by atoms with Gasteiger partial charge in [0.2, 0.25) is 11.1 Å². The fourth-order valence-electron chi connectivity index (χ4n) is 2.08. The normalized spacial score (nSPS) is 12.4. The van der Waals surface area contributed by atoms with E-state index in [0.29, 0.717) is 17.5 Å². The van der Waals surface area contributed by atoms with E-state index in [0.717, 1.165) is 10.4 Å². The Bertz CT molecular complexity index is 875. The Morgan fingerprint density at radius 1 is 1.35 bits per heavy atom. The molecule has 1 atom stereocenters. The molecule has 26 heavy (non-hydrogen) atoms. The average Bonchev–Trinajstić information content (AvgIpc) is 3.31. The van der Waals surface area contributed by atoms with Gasteiger partial charge in [-0.15, -0.1) is 16.4 Å². The zero-order valence-corrected chi connectivity index (χ0v) is 15.6. The number of hydrogen-bond acceptors (Lipinski definition) is 5. The van der Waals surface area contributed by atoms with Gasteiger partial charge in [0, 0.05) is 4.88 Å².